The Bertz CT molecular complexity index is 1490. The third kappa shape index (κ3) is 4.00. The number of para-hydroxylation sites is 1. The van der Waals surface area contributed by atoms with Gasteiger partial charge >= 0.3 is 0 Å². The number of aliphatic hydroxyl groups is 1. The number of aromatic amines is 1. The number of H-pyrrole nitrogens is 1. The molecule has 1 aliphatic heterocycles. The quantitative estimate of drug-likeness (QED) is 0.361. The standard InChI is InChI=1S/C27H29N5O3/c1-30(2)13-17(33)14-32-15-21(19-11-16(31(3)4)9-10-23(19)32)25-24(26(34)29-27(25)35)20-12-28-22-8-6-5-7-18(20)22/h5-12,15,17,28,33H,13-14H2,1-4H3,(H,29,34,35). The van der Waals surface area contributed by atoms with Crippen LogP contribution in [-0.4, -0.2) is 72.2 Å². The average Bonchev–Trinajstić information content (AvgIpc) is 3.45. The Labute approximate surface area is 203 Å². The van der Waals surface area contributed by atoms with Gasteiger partial charge in [0.2, 0.25) is 0 Å². The van der Waals surface area contributed by atoms with Gasteiger partial charge < -0.3 is 24.5 Å². The molecule has 1 unspecified atom stereocenters. The molecule has 1 aliphatic rings. The van der Waals surface area contributed by atoms with E-state index in [0.29, 0.717) is 35.4 Å². The second kappa shape index (κ2) is 8.72. The minimum Gasteiger partial charge on any atom is -0.390 e. The molecule has 8 heteroatoms. The van der Waals surface area contributed by atoms with Crippen LogP contribution in [0.1, 0.15) is 11.1 Å². The number of aliphatic hydroxyl groups excluding tert-OH is 1. The highest BCUT2D eigenvalue weighted by molar-refractivity contribution is 6.50. The van der Waals surface area contributed by atoms with E-state index >= 15 is 0 Å². The van der Waals surface area contributed by atoms with Gasteiger partial charge in [-0.1, -0.05) is 18.2 Å². The van der Waals surface area contributed by atoms with E-state index in [4.69, 9.17) is 0 Å². The topological polar surface area (TPSA) is 93.6 Å². The predicted octanol–water partition coefficient (Wildman–Crippen LogP) is 2.68. The van der Waals surface area contributed by atoms with E-state index in [1.807, 2.05) is 91.2 Å². The molecular formula is C27H29N5O3. The zero-order valence-electron chi connectivity index (χ0n) is 20.3. The number of nitrogens with one attached hydrogen (secondary N) is 2. The van der Waals surface area contributed by atoms with E-state index in [1.54, 1.807) is 6.20 Å². The third-order valence-electron chi connectivity index (χ3n) is 6.42. The number of nitrogens with zero attached hydrogens (tertiary/aromatic N) is 3. The molecule has 2 amide bonds. The van der Waals surface area contributed by atoms with Gasteiger partial charge in [0.15, 0.2) is 0 Å². The van der Waals surface area contributed by atoms with Gasteiger partial charge in [0.1, 0.15) is 0 Å². The molecule has 2 aromatic heterocycles. The zero-order valence-corrected chi connectivity index (χ0v) is 20.3. The van der Waals surface area contributed by atoms with Gasteiger partial charge in [-0.05, 0) is 38.4 Å². The Morgan fingerprint density at radius 2 is 1.66 bits per heavy atom. The normalized spacial score (nSPS) is 15.0. The van der Waals surface area contributed by atoms with Crippen LogP contribution in [0.2, 0.25) is 0 Å². The van der Waals surface area contributed by atoms with Crippen molar-refractivity contribution >= 4 is 50.5 Å². The highest BCUT2D eigenvalue weighted by atomic mass is 16.3. The summed E-state index contributed by atoms with van der Waals surface area (Å²) < 4.78 is 1.97. The van der Waals surface area contributed by atoms with Crippen LogP contribution in [0.25, 0.3) is 33.0 Å². The molecule has 5 rings (SSSR count). The molecule has 1 atom stereocenters. The fourth-order valence-corrected chi connectivity index (χ4v) is 4.87. The largest absolute Gasteiger partial charge is 0.390 e. The second-order valence-electron chi connectivity index (χ2n) is 9.49. The van der Waals surface area contributed by atoms with E-state index in [0.717, 1.165) is 27.5 Å². The number of amides is 2. The molecule has 4 aromatic rings. The van der Waals surface area contributed by atoms with Crippen LogP contribution < -0.4 is 10.2 Å². The van der Waals surface area contributed by atoms with Crippen LogP contribution in [0.4, 0.5) is 5.69 Å². The summed E-state index contributed by atoms with van der Waals surface area (Å²) in [7, 11) is 7.75. The monoisotopic (exact) mass is 471 g/mol. The number of hydrogen-bond donors (Lipinski definition) is 3. The first kappa shape index (κ1) is 22.9. The predicted molar refractivity (Wildman–Crippen MR) is 139 cm³/mol. The maximum Gasteiger partial charge on any atom is 0.259 e. The lowest BCUT2D eigenvalue weighted by Gasteiger charge is -2.17. The summed E-state index contributed by atoms with van der Waals surface area (Å²) >= 11 is 0. The number of carbonyl (C=O) groups excluding carboxylic acids is 2. The van der Waals surface area contributed by atoms with Crippen LogP contribution in [-0.2, 0) is 16.1 Å². The van der Waals surface area contributed by atoms with E-state index in [1.165, 1.54) is 0 Å². The molecule has 35 heavy (non-hydrogen) atoms. The zero-order chi connectivity index (χ0) is 24.9. The van der Waals surface area contributed by atoms with Gasteiger partial charge in [0.05, 0.1) is 17.3 Å². The van der Waals surface area contributed by atoms with Gasteiger partial charge in [-0.15, -0.1) is 0 Å². The van der Waals surface area contributed by atoms with Crippen molar-refractivity contribution in [1.29, 1.82) is 0 Å². The Balaban J connectivity index is 1.75. The first-order valence-electron chi connectivity index (χ1n) is 11.5. The molecule has 0 saturated carbocycles. The van der Waals surface area contributed by atoms with Crippen molar-refractivity contribution in [2.45, 2.75) is 12.6 Å². The van der Waals surface area contributed by atoms with Crippen molar-refractivity contribution in [2.75, 3.05) is 39.6 Å². The highest BCUT2D eigenvalue weighted by Crippen LogP contribution is 2.39. The summed E-state index contributed by atoms with van der Waals surface area (Å²) in [6.07, 6.45) is 3.07. The van der Waals surface area contributed by atoms with Crippen LogP contribution in [0.5, 0.6) is 0 Å². The van der Waals surface area contributed by atoms with Crippen molar-refractivity contribution < 1.29 is 14.7 Å². The summed E-state index contributed by atoms with van der Waals surface area (Å²) in [5, 5.41) is 14.9. The fraction of sp³-hybridized carbons (Fsp3) is 0.259. The van der Waals surface area contributed by atoms with E-state index in [9.17, 15) is 14.7 Å². The lowest BCUT2D eigenvalue weighted by atomic mass is 9.95. The number of anilines is 1. The molecule has 0 radical (unpaired) electrons. The lowest BCUT2D eigenvalue weighted by molar-refractivity contribution is -0.122. The van der Waals surface area contributed by atoms with Crippen LogP contribution in [0, 0.1) is 0 Å². The molecule has 0 bridgehead atoms. The molecule has 3 heterocycles. The number of aromatic nitrogens is 2. The maximum atomic E-state index is 13.2. The van der Waals surface area contributed by atoms with Gasteiger partial charge in [0.25, 0.3) is 11.8 Å². The van der Waals surface area contributed by atoms with Gasteiger partial charge in [0, 0.05) is 78.2 Å². The van der Waals surface area contributed by atoms with E-state index < -0.39 is 17.9 Å². The van der Waals surface area contributed by atoms with Gasteiger partial charge in [-0.25, -0.2) is 0 Å². The molecule has 0 saturated heterocycles. The summed E-state index contributed by atoms with van der Waals surface area (Å²) in [5.41, 5.74) is 4.83. The number of likely N-dealkylation sites (N-methyl/N-ethyl adjacent to an activating group) is 1. The number of benzene rings is 2. The Hall–Kier alpha value is -3.88. The first-order chi connectivity index (χ1) is 16.7. The SMILES string of the molecule is CN(C)CC(O)Cn1cc(C2=C(c3c[nH]c4ccccc34)C(=O)NC2=O)c2cc(N(C)C)ccc21. The molecule has 3 N–H and O–H groups in total. The van der Waals surface area contributed by atoms with Crippen molar-refractivity contribution in [3.8, 4) is 0 Å². The Morgan fingerprint density at radius 1 is 0.943 bits per heavy atom. The van der Waals surface area contributed by atoms with Crippen LogP contribution in [0.3, 0.4) is 0 Å². The average molecular weight is 472 g/mol. The van der Waals surface area contributed by atoms with Crippen LogP contribution in [0.15, 0.2) is 54.9 Å². The van der Waals surface area contributed by atoms with Crippen molar-refractivity contribution in [3.05, 3.63) is 66.0 Å². The number of rotatable bonds is 7. The third-order valence-corrected chi connectivity index (χ3v) is 6.42. The minimum atomic E-state index is -0.594. The number of carbonyl (C=O) groups is 2. The van der Waals surface area contributed by atoms with Gasteiger partial charge in [-0.3, -0.25) is 14.9 Å². The fourth-order valence-electron chi connectivity index (χ4n) is 4.87. The number of imide groups is 1. The van der Waals surface area contributed by atoms with Crippen LogP contribution >= 0.6 is 0 Å². The Kier molecular flexibility index (Phi) is 5.70. The van der Waals surface area contributed by atoms with Crippen molar-refractivity contribution in [2.24, 2.45) is 0 Å². The molecule has 180 valence electrons. The molecule has 0 spiro atoms. The molecule has 0 aliphatic carbocycles. The summed E-state index contributed by atoms with van der Waals surface area (Å²) in [5.74, 6) is -0.828. The first-order valence-corrected chi connectivity index (χ1v) is 11.5. The second-order valence-corrected chi connectivity index (χ2v) is 9.49. The maximum absolute atomic E-state index is 13.2. The lowest BCUT2D eigenvalue weighted by Crippen LogP contribution is -2.29. The summed E-state index contributed by atoms with van der Waals surface area (Å²) in [6.45, 7) is 0.869. The van der Waals surface area contributed by atoms with Crippen molar-refractivity contribution in [3.63, 3.8) is 0 Å². The molecule has 8 nitrogen and oxygen atoms in total. The van der Waals surface area contributed by atoms with E-state index in [-0.39, 0.29) is 0 Å². The smallest absolute Gasteiger partial charge is 0.259 e. The number of hydrogen-bond acceptors (Lipinski definition) is 5. The number of fused-ring (bicyclic) bond motifs is 2. The minimum absolute atomic E-state index is 0.349. The van der Waals surface area contributed by atoms with E-state index in [2.05, 4.69) is 10.3 Å². The molecule has 2 aromatic carbocycles. The summed E-state index contributed by atoms with van der Waals surface area (Å²) in [6, 6.07) is 13.7. The highest BCUT2D eigenvalue weighted by Gasteiger charge is 2.35. The Morgan fingerprint density at radius 3 is 2.37 bits per heavy atom. The molecule has 0 fully saturated rings. The van der Waals surface area contributed by atoms with Crippen molar-refractivity contribution in [1.82, 2.24) is 19.8 Å². The molecular weight excluding hydrogens is 442 g/mol. The summed E-state index contributed by atoms with van der Waals surface area (Å²) in [4.78, 5) is 33.4. The van der Waals surface area contributed by atoms with Gasteiger partial charge in [-0.2, -0.15) is 0 Å².